The van der Waals surface area contributed by atoms with Crippen LogP contribution in [0, 0.1) is 0 Å². The van der Waals surface area contributed by atoms with Crippen LogP contribution in [-0.2, 0) is 9.53 Å². The maximum absolute atomic E-state index is 11.0. The molecule has 0 aromatic carbocycles. The lowest BCUT2D eigenvalue weighted by molar-refractivity contribution is -0.156. The van der Waals surface area contributed by atoms with E-state index < -0.39 is 29.8 Å². The Hall–Kier alpha value is -1.99. The highest BCUT2D eigenvalue weighted by molar-refractivity contribution is 5.87. The number of hydrogen-bond donors (Lipinski definition) is 3. The lowest BCUT2D eigenvalue weighted by Gasteiger charge is -2.16. The molecule has 92 valence electrons. The van der Waals surface area contributed by atoms with Crippen LogP contribution in [0.5, 0.6) is 0 Å². The van der Waals surface area contributed by atoms with Gasteiger partial charge in [0.05, 0.1) is 7.11 Å². The predicted molar refractivity (Wildman–Crippen MR) is 54.2 cm³/mol. The first kappa shape index (κ1) is 13.1. The maximum atomic E-state index is 11.0. The summed E-state index contributed by atoms with van der Waals surface area (Å²) in [7, 11) is 1.04. The van der Waals surface area contributed by atoms with Crippen molar-refractivity contribution < 1.29 is 29.6 Å². The van der Waals surface area contributed by atoms with Gasteiger partial charge in [0.2, 0.25) is 0 Å². The van der Waals surface area contributed by atoms with Crippen LogP contribution in [0.4, 0.5) is 0 Å². The Balaban J connectivity index is 3.07. The molecule has 0 aliphatic rings. The van der Waals surface area contributed by atoms with Gasteiger partial charge >= 0.3 is 11.9 Å². The van der Waals surface area contributed by atoms with Crippen molar-refractivity contribution in [2.75, 3.05) is 7.11 Å². The number of aliphatic hydroxyl groups is 2. The number of hydrogen-bond acceptors (Lipinski definition) is 6. The van der Waals surface area contributed by atoms with Gasteiger partial charge in [-0.3, -0.25) is 0 Å². The normalized spacial score (nSPS) is 13.8. The molecule has 0 bridgehead atoms. The number of esters is 1. The van der Waals surface area contributed by atoms with E-state index >= 15 is 0 Å². The van der Waals surface area contributed by atoms with Crippen molar-refractivity contribution in [3.05, 3.63) is 29.6 Å². The Labute approximate surface area is 96.3 Å². The molecule has 7 heteroatoms. The fraction of sp³-hybridized carbons (Fsp3) is 0.300. The highest BCUT2D eigenvalue weighted by Crippen LogP contribution is 2.20. The molecule has 0 saturated heterocycles. The van der Waals surface area contributed by atoms with Crippen molar-refractivity contribution in [1.29, 1.82) is 0 Å². The lowest BCUT2D eigenvalue weighted by atomic mass is 10.0. The van der Waals surface area contributed by atoms with Crippen molar-refractivity contribution >= 4 is 11.9 Å². The molecule has 17 heavy (non-hydrogen) atoms. The Bertz CT molecular complexity index is 433. The fourth-order valence-corrected chi connectivity index (χ4v) is 1.25. The second kappa shape index (κ2) is 5.37. The number of carboxylic acids is 1. The van der Waals surface area contributed by atoms with Gasteiger partial charge < -0.3 is 20.1 Å². The Morgan fingerprint density at radius 2 is 2.06 bits per heavy atom. The van der Waals surface area contributed by atoms with Crippen molar-refractivity contribution in [2.24, 2.45) is 0 Å². The van der Waals surface area contributed by atoms with Gasteiger partial charge in [0, 0.05) is 11.8 Å². The van der Waals surface area contributed by atoms with Gasteiger partial charge in [-0.1, -0.05) is 6.07 Å². The Kier molecular flexibility index (Phi) is 4.13. The number of methoxy groups -OCH3 is 1. The monoisotopic (exact) mass is 241 g/mol. The molecular weight excluding hydrogens is 230 g/mol. The van der Waals surface area contributed by atoms with E-state index in [2.05, 4.69) is 9.72 Å². The molecule has 1 aromatic heterocycles. The number of aromatic carboxylic acids is 1. The molecule has 0 aliphatic carbocycles. The first-order valence-corrected chi connectivity index (χ1v) is 4.61. The smallest absolute Gasteiger partial charge is 0.354 e. The highest BCUT2D eigenvalue weighted by atomic mass is 16.5. The molecular formula is C10H11NO6. The van der Waals surface area contributed by atoms with Crippen LogP contribution in [0.15, 0.2) is 18.3 Å². The van der Waals surface area contributed by atoms with Gasteiger partial charge in [-0.25, -0.2) is 14.6 Å². The summed E-state index contributed by atoms with van der Waals surface area (Å²) in [6.07, 6.45) is -2.34. The summed E-state index contributed by atoms with van der Waals surface area (Å²) in [6, 6.07) is 2.64. The SMILES string of the molecule is COC(=O)C(O)C(O)c1cccnc1C(=O)O. The van der Waals surface area contributed by atoms with Crippen LogP contribution in [0.2, 0.25) is 0 Å². The van der Waals surface area contributed by atoms with Crippen molar-refractivity contribution in [3.8, 4) is 0 Å². The molecule has 1 aromatic rings. The standard InChI is InChI=1S/C10H11NO6/c1-17-10(16)8(13)7(12)5-3-2-4-11-6(5)9(14)15/h2-4,7-8,12-13H,1H3,(H,14,15). The van der Waals surface area contributed by atoms with Gasteiger partial charge in [0.15, 0.2) is 11.8 Å². The zero-order valence-electron chi connectivity index (χ0n) is 8.90. The fourth-order valence-electron chi connectivity index (χ4n) is 1.25. The number of carbonyl (C=O) groups excluding carboxylic acids is 1. The first-order valence-electron chi connectivity index (χ1n) is 4.61. The van der Waals surface area contributed by atoms with E-state index in [9.17, 15) is 19.8 Å². The third-order valence-electron chi connectivity index (χ3n) is 2.10. The van der Waals surface area contributed by atoms with Crippen molar-refractivity contribution in [2.45, 2.75) is 12.2 Å². The second-order valence-electron chi connectivity index (χ2n) is 3.16. The summed E-state index contributed by atoms with van der Waals surface area (Å²) < 4.78 is 4.24. The van der Waals surface area contributed by atoms with Gasteiger partial charge in [0.25, 0.3) is 0 Å². The summed E-state index contributed by atoms with van der Waals surface area (Å²) in [6.45, 7) is 0. The molecule has 0 radical (unpaired) electrons. The number of nitrogens with zero attached hydrogens (tertiary/aromatic N) is 1. The van der Waals surface area contributed by atoms with Crippen molar-refractivity contribution in [1.82, 2.24) is 4.98 Å². The topological polar surface area (TPSA) is 117 Å². The quantitative estimate of drug-likeness (QED) is 0.599. The zero-order valence-corrected chi connectivity index (χ0v) is 8.90. The Morgan fingerprint density at radius 3 is 2.59 bits per heavy atom. The molecule has 2 atom stereocenters. The molecule has 1 heterocycles. The maximum Gasteiger partial charge on any atom is 0.354 e. The molecule has 0 spiro atoms. The van der Waals surface area contributed by atoms with Crippen LogP contribution >= 0.6 is 0 Å². The number of aliphatic hydroxyl groups excluding tert-OH is 2. The van der Waals surface area contributed by atoms with E-state index in [-0.39, 0.29) is 5.56 Å². The van der Waals surface area contributed by atoms with Gasteiger partial charge in [-0.05, 0) is 6.07 Å². The molecule has 1 rings (SSSR count). The molecule has 0 amide bonds. The number of pyridine rings is 1. The summed E-state index contributed by atoms with van der Waals surface area (Å²) in [4.78, 5) is 25.4. The number of ether oxygens (including phenoxy) is 1. The largest absolute Gasteiger partial charge is 0.477 e. The molecule has 3 N–H and O–H groups in total. The first-order chi connectivity index (χ1) is 7.99. The average molecular weight is 241 g/mol. The van der Waals surface area contributed by atoms with E-state index in [0.29, 0.717) is 0 Å². The van der Waals surface area contributed by atoms with E-state index in [1.54, 1.807) is 0 Å². The number of rotatable bonds is 4. The molecule has 7 nitrogen and oxygen atoms in total. The van der Waals surface area contributed by atoms with Crippen LogP contribution in [-0.4, -0.2) is 45.5 Å². The Morgan fingerprint density at radius 1 is 1.41 bits per heavy atom. The van der Waals surface area contributed by atoms with E-state index in [1.165, 1.54) is 18.3 Å². The molecule has 2 unspecified atom stereocenters. The van der Waals surface area contributed by atoms with Crippen LogP contribution in [0.3, 0.4) is 0 Å². The van der Waals surface area contributed by atoms with Crippen LogP contribution < -0.4 is 0 Å². The summed E-state index contributed by atoms with van der Waals surface area (Å²) >= 11 is 0. The van der Waals surface area contributed by atoms with Crippen LogP contribution in [0.25, 0.3) is 0 Å². The predicted octanol–water partition coefficient (Wildman–Crippen LogP) is -0.653. The third-order valence-corrected chi connectivity index (χ3v) is 2.10. The number of carboxylic acid groups (broad SMARTS) is 1. The number of carbonyl (C=O) groups is 2. The minimum Gasteiger partial charge on any atom is -0.477 e. The van der Waals surface area contributed by atoms with E-state index in [1.807, 2.05) is 0 Å². The average Bonchev–Trinajstić information content (AvgIpc) is 2.35. The van der Waals surface area contributed by atoms with Gasteiger partial charge in [-0.15, -0.1) is 0 Å². The minimum absolute atomic E-state index is 0.155. The third kappa shape index (κ3) is 2.77. The molecule has 0 fully saturated rings. The molecule has 0 aliphatic heterocycles. The molecule has 0 saturated carbocycles. The number of aromatic nitrogens is 1. The van der Waals surface area contributed by atoms with Gasteiger partial charge in [-0.2, -0.15) is 0 Å². The minimum atomic E-state index is -1.86. The zero-order chi connectivity index (χ0) is 13.0. The van der Waals surface area contributed by atoms with Crippen molar-refractivity contribution in [3.63, 3.8) is 0 Å². The van der Waals surface area contributed by atoms with E-state index in [4.69, 9.17) is 5.11 Å². The highest BCUT2D eigenvalue weighted by Gasteiger charge is 2.30. The summed E-state index contributed by atoms with van der Waals surface area (Å²) in [5.41, 5.74) is -0.583. The van der Waals surface area contributed by atoms with E-state index in [0.717, 1.165) is 7.11 Å². The second-order valence-corrected chi connectivity index (χ2v) is 3.16. The van der Waals surface area contributed by atoms with Gasteiger partial charge in [0.1, 0.15) is 6.10 Å². The van der Waals surface area contributed by atoms with Crippen LogP contribution in [0.1, 0.15) is 22.2 Å². The summed E-state index contributed by atoms with van der Waals surface area (Å²) in [5, 5.41) is 27.9. The summed E-state index contributed by atoms with van der Waals surface area (Å²) in [5.74, 6) is -2.42. The lowest BCUT2D eigenvalue weighted by Crippen LogP contribution is -2.30.